The first-order valence-corrected chi connectivity index (χ1v) is 18.8. The molecule has 4 atom stereocenters. The molecule has 4 unspecified atom stereocenters. The number of carbonyl (C=O) groups is 6. The lowest BCUT2D eigenvalue weighted by atomic mass is 10.1. The van der Waals surface area contributed by atoms with E-state index in [2.05, 4.69) is 46.9 Å². The summed E-state index contributed by atoms with van der Waals surface area (Å²) in [4.78, 5) is 92.4. The van der Waals surface area contributed by atoms with Crippen molar-refractivity contribution < 1.29 is 48.5 Å². The Kier molecular flexibility index (Phi) is 12.9. The molecular formula is C40H44N8O10. The zero-order chi connectivity index (χ0) is 41.3. The van der Waals surface area contributed by atoms with Crippen LogP contribution in [0.5, 0.6) is 0 Å². The smallest absolute Gasteiger partial charge is 0.407 e. The van der Waals surface area contributed by atoms with E-state index in [1.54, 1.807) is 16.0 Å². The van der Waals surface area contributed by atoms with Crippen molar-refractivity contribution in [3.63, 3.8) is 0 Å². The number of amides is 4. The van der Waals surface area contributed by atoms with Crippen LogP contribution in [-0.4, -0.2) is 115 Å². The summed E-state index contributed by atoms with van der Waals surface area (Å²) in [6.07, 6.45) is 2.03. The van der Waals surface area contributed by atoms with Gasteiger partial charge in [0, 0.05) is 37.1 Å². The van der Waals surface area contributed by atoms with Crippen LogP contribution in [0.1, 0.15) is 86.2 Å². The maximum atomic E-state index is 13.5. The second-order valence-electron chi connectivity index (χ2n) is 14.0. The predicted molar refractivity (Wildman–Crippen MR) is 206 cm³/mol. The van der Waals surface area contributed by atoms with Gasteiger partial charge in [0.05, 0.1) is 49.2 Å². The third kappa shape index (κ3) is 9.72. The molecule has 2 fully saturated rings. The van der Waals surface area contributed by atoms with Crippen molar-refractivity contribution in [2.45, 2.75) is 75.5 Å². The number of carbonyl (C=O) groups excluding carboxylic acids is 4. The maximum Gasteiger partial charge on any atom is 0.407 e. The van der Waals surface area contributed by atoms with Crippen molar-refractivity contribution in [3.8, 4) is 23.1 Å². The summed E-state index contributed by atoms with van der Waals surface area (Å²) < 4.78 is 9.30. The largest absolute Gasteiger partial charge is 0.481 e. The van der Waals surface area contributed by atoms with Crippen LogP contribution in [-0.2, 0) is 28.7 Å². The van der Waals surface area contributed by atoms with Crippen LogP contribution in [0.15, 0.2) is 48.7 Å². The molecule has 0 radical (unpaired) electrons. The van der Waals surface area contributed by atoms with Gasteiger partial charge in [-0.1, -0.05) is 24.0 Å². The summed E-state index contributed by atoms with van der Waals surface area (Å²) in [5, 5.41) is 23.3. The zero-order valence-electron chi connectivity index (χ0n) is 31.9. The van der Waals surface area contributed by atoms with Gasteiger partial charge in [0.25, 0.3) is 0 Å². The summed E-state index contributed by atoms with van der Waals surface area (Å²) >= 11 is 0. The minimum Gasteiger partial charge on any atom is -0.481 e. The monoisotopic (exact) mass is 796 g/mol. The molecule has 4 amide bonds. The fourth-order valence-electron chi connectivity index (χ4n) is 7.28. The first-order chi connectivity index (χ1) is 27.9. The van der Waals surface area contributed by atoms with Crippen LogP contribution in [0.25, 0.3) is 22.3 Å². The number of aromatic amines is 2. The summed E-state index contributed by atoms with van der Waals surface area (Å²) in [5.74, 6) is 4.59. The number of H-pyrrole nitrogens is 2. The van der Waals surface area contributed by atoms with E-state index in [4.69, 9.17) is 10.1 Å². The Labute approximate surface area is 332 Å². The van der Waals surface area contributed by atoms with Gasteiger partial charge in [0.2, 0.25) is 11.8 Å². The standard InChI is InChI=1S/C40H44N8O10/c1-57-39(55)45-27(15-17-33(49)50)37(53)47-19-3-5-31(47)35-41-22-30(44-35)25-12-9-23(10-13-25)7-8-24-11-14-26-29(21-24)43-36(42-26)32-6-4-20-48(32)38(54)28(16-18-34(51)52)46-40(56)58-2/h9-14,21-22,27-28,31-32H,3-6,15-20H2,1-2H3,(H,41,44)(H,42,43)(H,45,55)(H,46,56)(H,49,50)(H,51,52). The number of ether oxygens (including phenoxy) is 2. The van der Waals surface area contributed by atoms with Crippen LogP contribution >= 0.6 is 0 Å². The molecule has 6 N–H and O–H groups in total. The van der Waals surface area contributed by atoms with Gasteiger partial charge in [-0.15, -0.1) is 0 Å². The number of imidazole rings is 2. The average Bonchev–Trinajstić information content (AvgIpc) is 4.05. The summed E-state index contributed by atoms with van der Waals surface area (Å²) in [6.45, 7) is 0.864. The van der Waals surface area contributed by atoms with Crippen molar-refractivity contribution in [1.29, 1.82) is 0 Å². The summed E-state index contributed by atoms with van der Waals surface area (Å²) in [7, 11) is 2.35. The Morgan fingerprint density at radius 1 is 0.776 bits per heavy atom. The van der Waals surface area contributed by atoms with Crippen LogP contribution in [0.3, 0.4) is 0 Å². The number of hydrogen-bond donors (Lipinski definition) is 6. The maximum absolute atomic E-state index is 13.5. The Bertz CT molecular complexity index is 2240. The number of rotatable bonds is 13. The minimum absolute atomic E-state index is 0.0767. The van der Waals surface area contributed by atoms with Crippen molar-refractivity contribution in [1.82, 2.24) is 40.4 Å². The number of carboxylic acids is 2. The zero-order valence-corrected chi connectivity index (χ0v) is 31.9. The van der Waals surface area contributed by atoms with Gasteiger partial charge in [0.15, 0.2) is 0 Å². The average molecular weight is 797 g/mol. The number of carboxylic acid groups (broad SMARTS) is 2. The molecule has 2 aliphatic rings. The van der Waals surface area contributed by atoms with E-state index in [0.717, 1.165) is 27.9 Å². The molecule has 4 heterocycles. The molecule has 0 bridgehead atoms. The van der Waals surface area contributed by atoms with E-state index in [9.17, 15) is 33.9 Å². The second-order valence-corrected chi connectivity index (χ2v) is 14.0. The summed E-state index contributed by atoms with van der Waals surface area (Å²) in [5.41, 5.74) is 4.53. The van der Waals surface area contributed by atoms with Crippen LogP contribution in [0.2, 0.25) is 0 Å². The molecule has 304 valence electrons. The molecule has 6 rings (SSSR count). The van der Waals surface area contributed by atoms with Gasteiger partial charge in [-0.05, 0) is 74.4 Å². The highest BCUT2D eigenvalue weighted by Gasteiger charge is 2.38. The van der Waals surface area contributed by atoms with E-state index in [1.807, 2.05) is 42.5 Å². The number of nitrogens with one attached hydrogen (secondary N) is 4. The third-order valence-electron chi connectivity index (χ3n) is 10.2. The first-order valence-electron chi connectivity index (χ1n) is 18.8. The minimum atomic E-state index is -1.08. The van der Waals surface area contributed by atoms with E-state index < -0.39 is 48.0 Å². The highest BCUT2D eigenvalue weighted by molar-refractivity contribution is 5.88. The number of likely N-dealkylation sites (tertiary alicyclic amines) is 2. The molecule has 58 heavy (non-hydrogen) atoms. The number of aromatic nitrogens is 4. The highest BCUT2D eigenvalue weighted by Crippen LogP contribution is 2.34. The molecule has 18 heteroatoms. The molecule has 2 aromatic carbocycles. The van der Waals surface area contributed by atoms with Crippen LogP contribution < -0.4 is 10.6 Å². The van der Waals surface area contributed by atoms with E-state index in [-0.39, 0.29) is 37.8 Å². The van der Waals surface area contributed by atoms with Crippen molar-refractivity contribution in [2.24, 2.45) is 0 Å². The Balaban J connectivity index is 1.11. The number of hydrogen-bond acceptors (Lipinski definition) is 10. The highest BCUT2D eigenvalue weighted by atomic mass is 16.5. The van der Waals surface area contributed by atoms with Crippen LogP contribution in [0, 0.1) is 11.8 Å². The number of methoxy groups -OCH3 is 2. The van der Waals surface area contributed by atoms with E-state index >= 15 is 0 Å². The molecular weight excluding hydrogens is 752 g/mol. The normalized spacial score (nSPS) is 17.2. The molecule has 2 aliphatic heterocycles. The van der Waals surface area contributed by atoms with Gasteiger partial charge in [-0.25, -0.2) is 19.6 Å². The number of nitrogens with zero attached hydrogens (tertiary/aromatic N) is 4. The third-order valence-corrected chi connectivity index (χ3v) is 10.2. The lowest BCUT2D eigenvalue weighted by molar-refractivity contribution is -0.140. The lowest BCUT2D eigenvalue weighted by Crippen LogP contribution is -2.48. The second kappa shape index (κ2) is 18.4. The Morgan fingerprint density at radius 3 is 1.86 bits per heavy atom. The number of aliphatic carboxylic acids is 2. The Morgan fingerprint density at radius 2 is 1.31 bits per heavy atom. The van der Waals surface area contributed by atoms with Crippen molar-refractivity contribution in [2.75, 3.05) is 27.3 Å². The molecule has 18 nitrogen and oxygen atoms in total. The first kappa shape index (κ1) is 40.8. The van der Waals surface area contributed by atoms with Gasteiger partial charge in [0.1, 0.15) is 23.7 Å². The molecule has 2 aromatic heterocycles. The topological polar surface area (TPSA) is 249 Å². The molecule has 4 aromatic rings. The van der Waals surface area contributed by atoms with Crippen molar-refractivity contribution in [3.05, 3.63) is 71.4 Å². The van der Waals surface area contributed by atoms with Crippen LogP contribution in [0.4, 0.5) is 9.59 Å². The molecule has 0 aliphatic carbocycles. The lowest BCUT2D eigenvalue weighted by Gasteiger charge is -2.28. The quantitative estimate of drug-likeness (QED) is 0.106. The predicted octanol–water partition coefficient (Wildman–Crippen LogP) is 3.86. The Hall–Kier alpha value is -6.90. The molecule has 0 saturated carbocycles. The van der Waals surface area contributed by atoms with Gasteiger partial charge in [-0.2, -0.15) is 0 Å². The van der Waals surface area contributed by atoms with Crippen molar-refractivity contribution >= 4 is 47.0 Å². The molecule has 0 spiro atoms. The summed E-state index contributed by atoms with van der Waals surface area (Å²) in [6, 6.07) is 10.3. The molecule has 2 saturated heterocycles. The van der Waals surface area contributed by atoms with Gasteiger partial charge in [-0.3, -0.25) is 19.2 Å². The number of benzene rings is 2. The van der Waals surface area contributed by atoms with E-state index in [1.165, 1.54) is 14.2 Å². The number of fused-ring (bicyclic) bond motifs is 1. The fourth-order valence-corrected chi connectivity index (χ4v) is 7.28. The SMILES string of the molecule is COC(=O)NC(CCC(=O)O)C(=O)N1CCCC1c1ncc(-c2ccc(C#Cc3ccc4nc(C5CCCN5C(=O)C(CCC(=O)O)NC(=O)OC)[nH]c4c3)cc2)[nH]1. The van der Waals surface area contributed by atoms with Gasteiger partial charge < -0.3 is 50.1 Å². The van der Waals surface area contributed by atoms with E-state index in [0.29, 0.717) is 55.9 Å². The number of alkyl carbamates (subject to hydrolysis) is 2. The fraction of sp³-hybridized carbons (Fsp3) is 0.400. The van der Waals surface area contributed by atoms with Gasteiger partial charge >= 0.3 is 24.1 Å².